The molecular formula is C19H18N4O3S. The van der Waals surface area contributed by atoms with Crippen LogP contribution in [0.15, 0.2) is 52.2 Å². The molecule has 0 unspecified atom stereocenters. The number of nitrogens with one attached hydrogen (secondary N) is 1. The van der Waals surface area contributed by atoms with Crippen molar-refractivity contribution >= 4 is 17.7 Å². The number of hydrogen-bond donors (Lipinski definition) is 1. The van der Waals surface area contributed by atoms with Crippen molar-refractivity contribution in [2.24, 2.45) is 0 Å². The van der Waals surface area contributed by atoms with Crippen LogP contribution in [0.25, 0.3) is 11.4 Å². The number of carbonyl (C=O) groups excluding carboxylic acids is 1. The van der Waals surface area contributed by atoms with Crippen LogP contribution in [0.1, 0.15) is 5.76 Å². The van der Waals surface area contributed by atoms with Gasteiger partial charge in [0.05, 0.1) is 32.2 Å². The highest BCUT2D eigenvalue weighted by Gasteiger charge is 2.17. The van der Waals surface area contributed by atoms with Crippen LogP contribution in [0.5, 0.6) is 5.75 Å². The van der Waals surface area contributed by atoms with Gasteiger partial charge in [0, 0.05) is 5.56 Å². The van der Waals surface area contributed by atoms with Gasteiger partial charge in [-0.05, 0) is 24.3 Å². The summed E-state index contributed by atoms with van der Waals surface area (Å²) in [5, 5.41) is 11.8. The van der Waals surface area contributed by atoms with E-state index in [4.69, 9.17) is 15.6 Å². The molecule has 0 fully saturated rings. The van der Waals surface area contributed by atoms with Gasteiger partial charge in [0.1, 0.15) is 11.5 Å². The Balaban J connectivity index is 1.88. The molecular weight excluding hydrogens is 364 g/mol. The van der Waals surface area contributed by atoms with Crippen molar-refractivity contribution in [3.63, 3.8) is 0 Å². The minimum Gasteiger partial charge on any atom is -0.497 e. The molecule has 0 saturated carbocycles. The van der Waals surface area contributed by atoms with Crippen molar-refractivity contribution in [2.45, 2.75) is 11.7 Å². The Morgan fingerprint density at radius 1 is 1.37 bits per heavy atom. The molecule has 7 nitrogen and oxygen atoms in total. The number of benzene rings is 1. The summed E-state index contributed by atoms with van der Waals surface area (Å²) in [5.41, 5.74) is 0.858. The van der Waals surface area contributed by atoms with E-state index in [1.165, 1.54) is 11.8 Å². The first kappa shape index (κ1) is 18.6. The molecule has 1 amide bonds. The van der Waals surface area contributed by atoms with Crippen molar-refractivity contribution in [3.8, 4) is 29.5 Å². The Kier molecular flexibility index (Phi) is 6.18. The van der Waals surface area contributed by atoms with Gasteiger partial charge in [-0.3, -0.25) is 9.36 Å². The molecule has 2 aromatic heterocycles. The second kappa shape index (κ2) is 8.96. The van der Waals surface area contributed by atoms with Gasteiger partial charge in [0.15, 0.2) is 11.0 Å². The molecule has 0 bridgehead atoms. The van der Waals surface area contributed by atoms with Crippen molar-refractivity contribution in [3.05, 3.63) is 48.4 Å². The maximum absolute atomic E-state index is 11.8. The zero-order valence-corrected chi connectivity index (χ0v) is 15.5. The lowest BCUT2D eigenvalue weighted by atomic mass is 10.2. The molecule has 3 rings (SSSR count). The molecule has 138 valence electrons. The molecule has 0 aliphatic heterocycles. The summed E-state index contributed by atoms with van der Waals surface area (Å²) in [6.07, 6.45) is 6.77. The van der Waals surface area contributed by atoms with Gasteiger partial charge in [-0.1, -0.05) is 29.8 Å². The Morgan fingerprint density at radius 2 is 2.26 bits per heavy atom. The van der Waals surface area contributed by atoms with Gasteiger partial charge >= 0.3 is 0 Å². The van der Waals surface area contributed by atoms with Gasteiger partial charge in [-0.2, -0.15) is 0 Å². The van der Waals surface area contributed by atoms with Crippen LogP contribution in [0, 0.1) is 12.3 Å². The number of aromatic nitrogens is 3. The number of thioether (sulfide) groups is 1. The maximum atomic E-state index is 11.8. The number of terminal acetylenes is 1. The molecule has 0 spiro atoms. The zero-order valence-electron chi connectivity index (χ0n) is 14.7. The van der Waals surface area contributed by atoms with Crippen molar-refractivity contribution < 1.29 is 13.9 Å². The summed E-state index contributed by atoms with van der Waals surface area (Å²) in [6.45, 7) is 0.647. The van der Waals surface area contributed by atoms with Gasteiger partial charge < -0.3 is 14.5 Å². The Bertz CT molecular complexity index is 944. The van der Waals surface area contributed by atoms with E-state index < -0.39 is 0 Å². The first-order valence-electron chi connectivity index (χ1n) is 8.14. The highest BCUT2D eigenvalue weighted by Crippen LogP contribution is 2.27. The summed E-state index contributed by atoms with van der Waals surface area (Å²) < 4.78 is 12.7. The normalized spacial score (nSPS) is 10.4. The highest BCUT2D eigenvalue weighted by molar-refractivity contribution is 7.99. The van der Waals surface area contributed by atoms with E-state index in [1.807, 2.05) is 41.0 Å². The third-order valence-corrected chi connectivity index (χ3v) is 4.63. The summed E-state index contributed by atoms with van der Waals surface area (Å²) >= 11 is 1.29. The number of carbonyl (C=O) groups is 1. The fourth-order valence-corrected chi connectivity index (χ4v) is 3.17. The maximum Gasteiger partial charge on any atom is 0.231 e. The first-order chi connectivity index (χ1) is 13.2. The summed E-state index contributed by atoms with van der Waals surface area (Å²) in [6, 6.07) is 11.3. The summed E-state index contributed by atoms with van der Waals surface area (Å²) in [7, 11) is 1.61. The molecule has 1 N–H and O–H groups in total. The lowest BCUT2D eigenvalue weighted by Crippen LogP contribution is -2.25. The van der Waals surface area contributed by atoms with E-state index >= 15 is 0 Å². The number of hydrogen-bond acceptors (Lipinski definition) is 6. The lowest BCUT2D eigenvalue weighted by molar-refractivity contribution is -0.118. The van der Waals surface area contributed by atoms with E-state index in [0.29, 0.717) is 17.5 Å². The topological polar surface area (TPSA) is 82.2 Å². The zero-order chi connectivity index (χ0) is 19.1. The average molecular weight is 382 g/mol. The Labute approximate surface area is 161 Å². The van der Waals surface area contributed by atoms with Crippen LogP contribution >= 0.6 is 11.8 Å². The minimum atomic E-state index is -0.159. The molecule has 1 aromatic carbocycles. The number of furan rings is 1. The van der Waals surface area contributed by atoms with E-state index in [9.17, 15) is 4.79 Å². The fraction of sp³-hybridized carbons (Fsp3) is 0.211. The fourth-order valence-electron chi connectivity index (χ4n) is 2.40. The Morgan fingerprint density at radius 3 is 3.00 bits per heavy atom. The first-order valence-corrected chi connectivity index (χ1v) is 9.12. The molecule has 2 heterocycles. The molecule has 27 heavy (non-hydrogen) atoms. The number of methoxy groups -OCH3 is 1. The number of nitrogens with zero attached hydrogens (tertiary/aromatic N) is 3. The molecule has 0 atom stereocenters. The van der Waals surface area contributed by atoms with Crippen molar-refractivity contribution in [2.75, 3.05) is 19.4 Å². The monoisotopic (exact) mass is 382 g/mol. The van der Waals surface area contributed by atoms with Gasteiger partial charge in [0.25, 0.3) is 0 Å². The van der Waals surface area contributed by atoms with Gasteiger partial charge in [-0.15, -0.1) is 16.6 Å². The van der Waals surface area contributed by atoms with Gasteiger partial charge in [-0.25, -0.2) is 0 Å². The van der Waals surface area contributed by atoms with Crippen LogP contribution in [-0.2, 0) is 11.3 Å². The summed E-state index contributed by atoms with van der Waals surface area (Å²) in [5.74, 6) is 4.56. The Hall–Kier alpha value is -3.18. The summed E-state index contributed by atoms with van der Waals surface area (Å²) in [4.78, 5) is 11.8. The molecule has 0 aliphatic carbocycles. The molecule has 8 heteroatoms. The van der Waals surface area contributed by atoms with Crippen LogP contribution in [0.4, 0.5) is 0 Å². The van der Waals surface area contributed by atoms with Crippen LogP contribution in [0.3, 0.4) is 0 Å². The minimum absolute atomic E-state index is 0.159. The third-order valence-electron chi connectivity index (χ3n) is 3.66. The van der Waals surface area contributed by atoms with E-state index in [0.717, 1.165) is 17.1 Å². The van der Waals surface area contributed by atoms with Crippen LogP contribution in [0.2, 0.25) is 0 Å². The van der Waals surface area contributed by atoms with Crippen molar-refractivity contribution in [1.29, 1.82) is 0 Å². The number of ether oxygens (including phenoxy) is 1. The largest absolute Gasteiger partial charge is 0.497 e. The molecule has 0 saturated heterocycles. The predicted octanol–water partition coefficient (Wildman–Crippen LogP) is 2.44. The standard InChI is InChI=1S/C19H18N4O3S/c1-3-9-20-17(24)13-27-19-22-21-18(14-6-4-7-15(11-14)25-2)23(19)12-16-8-5-10-26-16/h1,4-8,10-11H,9,12-13H2,2H3,(H,20,24). The predicted molar refractivity (Wildman–Crippen MR) is 102 cm³/mol. The molecule has 0 radical (unpaired) electrons. The second-order valence-electron chi connectivity index (χ2n) is 5.47. The van der Waals surface area contributed by atoms with Gasteiger partial charge in [0.2, 0.25) is 5.91 Å². The number of amides is 1. The van der Waals surface area contributed by atoms with E-state index in [-0.39, 0.29) is 18.2 Å². The SMILES string of the molecule is C#CCNC(=O)CSc1nnc(-c2cccc(OC)c2)n1Cc1ccco1. The molecule has 3 aromatic rings. The van der Waals surface area contributed by atoms with Crippen LogP contribution < -0.4 is 10.1 Å². The highest BCUT2D eigenvalue weighted by atomic mass is 32.2. The number of rotatable bonds is 8. The smallest absolute Gasteiger partial charge is 0.231 e. The lowest BCUT2D eigenvalue weighted by Gasteiger charge is -2.09. The van der Waals surface area contributed by atoms with E-state index in [1.54, 1.807) is 13.4 Å². The van der Waals surface area contributed by atoms with Crippen LogP contribution in [-0.4, -0.2) is 40.1 Å². The molecule has 0 aliphatic rings. The quantitative estimate of drug-likeness (QED) is 0.476. The average Bonchev–Trinajstić information content (AvgIpc) is 3.35. The van der Waals surface area contributed by atoms with Crippen molar-refractivity contribution in [1.82, 2.24) is 20.1 Å². The van der Waals surface area contributed by atoms with E-state index in [2.05, 4.69) is 21.4 Å². The second-order valence-corrected chi connectivity index (χ2v) is 6.42. The third kappa shape index (κ3) is 4.71.